The number of ether oxygens (including phenoxy) is 1. The number of hydrogen-bond acceptors (Lipinski definition) is 6. The van der Waals surface area contributed by atoms with Gasteiger partial charge in [0.15, 0.2) is 0 Å². The second-order valence-corrected chi connectivity index (χ2v) is 10.4. The first-order valence-corrected chi connectivity index (χ1v) is 13.0. The van der Waals surface area contributed by atoms with E-state index in [1.807, 2.05) is 14.1 Å². The van der Waals surface area contributed by atoms with Gasteiger partial charge < -0.3 is 15.0 Å². The highest BCUT2D eigenvalue weighted by molar-refractivity contribution is 5.92. The summed E-state index contributed by atoms with van der Waals surface area (Å²) in [6.07, 6.45) is 8.50. The number of methoxy groups -OCH3 is 1. The first-order valence-electron chi connectivity index (χ1n) is 13.0. The fraction of sp³-hybridized carbons (Fsp3) is 0.643. The average Bonchev–Trinajstić information content (AvgIpc) is 2.84. The van der Waals surface area contributed by atoms with Gasteiger partial charge in [-0.1, -0.05) is 31.1 Å². The average molecular weight is 464 g/mol. The summed E-state index contributed by atoms with van der Waals surface area (Å²) in [6.45, 7) is 7.53. The summed E-state index contributed by atoms with van der Waals surface area (Å²) in [7, 11) is 5.77. The fourth-order valence-electron chi connectivity index (χ4n) is 5.14. The summed E-state index contributed by atoms with van der Waals surface area (Å²) in [4.78, 5) is 14.8. The van der Waals surface area contributed by atoms with Crippen LogP contribution in [0.1, 0.15) is 76.1 Å². The van der Waals surface area contributed by atoms with E-state index >= 15 is 0 Å². The molecule has 1 aliphatic carbocycles. The van der Waals surface area contributed by atoms with Gasteiger partial charge in [-0.05, 0) is 65.8 Å². The molecule has 2 fully saturated rings. The minimum Gasteiger partial charge on any atom is -0.495 e. The molecule has 0 unspecified atom stereocenters. The maximum atomic E-state index is 5.74. The lowest BCUT2D eigenvalue weighted by Gasteiger charge is -2.35. The smallest absolute Gasteiger partial charge is 0.138 e. The van der Waals surface area contributed by atoms with Gasteiger partial charge in [-0.15, -0.1) is 0 Å². The molecule has 1 N–H and O–H groups in total. The van der Waals surface area contributed by atoms with E-state index in [9.17, 15) is 0 Å². The molecule has 2 aromatic rings. The van der Waals surface area contributed by atoms with Crippen molar-refractivity contribution in [1.82, 2.24) is 19.8 Å². The first kappa shape index (κ1) is 24.8. The molecular formula is C28H41N5O. The number of anilines is 1. The maximum absolute atomic E-state index is 5.74. The molecule has 6 heteroatoms. The number of likely N-dealkylation sites (tertiary alicyclic amines) is 1. The van der Waals surface area contributed by atoms with Crippen molar-refractivity contribution in [2.75, 3.05) is 46.2 Å². The maximum Gasteiger partial charge on any atom is 0.138 e. The zero-order chi connectivity index (χ0) is 24.1. The third-order valence-electron chi connectivity index (χ3n) is 7.22. The molecule has 2 heterocycles. The summed E-state index contributed by atoms with van der Waals surface area (Å²) >= 11 is 0. The topological polar surface area (TPSA) is 53.5 Å². The van der Waals surface area contributed by atoms with Crippen molar-refractivity contribution < 1.29 is 4.74 Å². The van der Waals surface area contributed by atoms with Crippen LogP contribution in [0.15, 0.2) is 12.1 Å². The minimum atomic E-state index is 0.429. The third-order valence-corrected chi connectivity index (χ3v) is 7.22. The zero-order valence-electron chi connectivity index (χ0n) is 21.7. The number of rotatable bonds is 6. The van der Waals surface area contributed by atoms with Crippen LogP contribution in [0.3, 0.4) is 0 Å². The fourth-order valence-corrected chi connectivity index (χ4v) is 5.14. The van der Waals surface area contributed by atoms with E-state index in [2.05, 4.69) is 52.9 Å². The van der Waals surface area contributed by atoms with Gasteiger partial charge in [-0.2, -0.15) is 0 Å². The summed E-state index contributed by atoms with van der Waals surface area (Å²) < 4.78 is 5.74. The monoisotopic (exact) mass is 463 g/mol. The Labute approximate surface area is 205 Å². The van der Waals surface area contributed by atoms with Crippen LogP contribution in [0.5, 0.6) is 5.75 Å². The molecule has 0 amide bonds. The molecule has 1 aliphatic heterocycles. The SMILES string of the molecule is COc1cc2c(NC3CCN(C(C)C)CC3)nc(C3CCCCC3)nc2cc1C#CCN(C)C. The summed E-state index contributed by atoms with van der Waals surface area (Å²) in [5.74, 6) is 9.73. The molecule has 0 radical (unpaired) electrons. The number of benzene rings is 1. The Morgan fingerprint density at radius 2 is 1.82 bits per heavy atom. The third kappa shape index (κ3) is 6.00. The van der Waals surface area contributed by atoms with Crippen LogP contribution in [-0.2, 0) is 0 Å². The number of hydrogen-bond donors (Lipinski definition) is 1. The molecule has 184 valence electrons. The van der Waals surface area contributed by atoms with E-state index < -0.39 is 0 Å². The van der Waals surface area contributed by atoms with Crippen molar-refractivity contribution in [2.45, 2.75) is 76.8 Å². The Kier molecular flexibility index (Phi) is 8.28. The number of nitrogens with zero attached hydrogens (tertiary/aromatic N) is 4. The Bertz CT molecular complexity index is 1020. The van der Waals surface area contributed by atoms with Crippen LogP contribution in [-0.4, -0.2) is 72.7 Å². The van der Waals surface area contributed by atoms with Crippen LogP contribution in [0.4, 0.5) is 5.82 Å². The highest BCUT2D eigenvalue weighted by atomic mass is 16.5. The molecular weight excluding hydrogens is 422 g/mol. The number of aromatic nitrogens is 2. The van der Waals surface area contributed by atoms with Crippen molar-refractivity contribution in [3.63, 3.8) is 0 Å². The molecule has 0 atom stereocenters. The molecule has 4 rings (SSSR count). The number of nitrogens with one attached hydrogen (secondary N) is 1. The van der Waals surface area contributed by atoms with Gasteiger partial charge in [0.05, 0.1) is 24.7 Å². The predicted octanol–water partition coefficient (Wildman–Crippen LogP) is 4.88. The normalized spacial score (nSPS) is 18.3. The Balaban J connectivity index is 1.70. The zero-order valence-corrected chi connectivity index (χ0v) is 21.7. The van der Waals surface area contributed by atoms with E-state index in [0.29, 0.717) is 24.5 Å². The lowest BCUT2D eigenvalue weighted by atomic mass is 9.88. The van der Waals surface area contributed by atoms with Crippen LogP contribution in [0.2, 0.25) is 0 Å². The van der Waals surface area contributed by atoms with Gasteiger partial charge in [0.25, 0.3) is 0 Å². The lowest BCUT2D eigenvalue weighted by Crippen LogP contribution is -2.42. The Morgan fingerprint density at radius 3 is 2.47 bits per heavy atom. The molecule has 0 spiro atoms. The van der Waals surface area contributed by atoms with E-state index in [4.69, 9.17) is 14.7 Å². The molecule has 0 bridgehead atoms. The summed E-state index contributed by atoms with van der Waals surface area (Å²) in [5.41, 5.74) is 1.86. The minimum absolute atomic E-state index is 0.429. The van der Waals surface area contributed by atoms with Crippen molar-refractivity contribution >= 4 is 16.7 Å². The van der Waals surface area contributed by atoms with Crippen molar-refractivity contribution in [1.29, 1.82) is 0 Å². The van der Waals surface area contributed by atoms with Crippen LogP contribution < -0.4 is 10.1 Å². The van der Waals surface area contributed by atoms with Crippen molar-refractivity contribution in [2.24, 2.45) is 0 Å². The highest BCUT2D eigenvalue weighted by Gasteiger charge is 2.24. The van der Waals surface area contributed by atoms with Gasteiger partial charge in [0.1, 0.15) is 17.4 Å². The van der Waals surface area contributed by atoms with E-state index in [0.717, 1.165) is 59.8 Å². The van der Waals surface area contributed by atoms with Gasteiger partial charge in [-0.3, -0.25) is 4.90 Å². The van der Waals surface area contributed by atoms with Gasteiger partial charge in [-0.25, -0.2) is 9.97 Å². The highest BCUT2D eigenvalue weighted by Crippen LogP contribution is 2.35. The molecule has 1 aromatic carbocycles. The molecule has 1 aromatic heterocycles. The molecule has 1 saturated carbocycles. The molecule has 34 heavy (non-hydrogen) atoms. The van der Waals surface area contributed by atoms with E-state index in [-0.39, 0.29) is 0 Å². The van der Waals surface area contributed by atoms with Gasteiger partial charge >= 0.3 is 0 Å². The quantitative estimate of drug-likeness (QED) is 0.616. The number of fused-ring (bicyclic) bond motifs is 1. The molecule has 6 nitrogen and oxygen atoms in total. The number of piperidine rings is 1. The second kappa shape index (κ2) is 11.4. The second-order valence-electron chi connectivity index (χ2n) is 10.4. The van der Waals surface area contributed by atoms with E-state index in [1.54, 1.807) is 7.11 Å². The van der Waals surface area contributed by atoms with Gasteiger partial charge in [0.2, 0.25) is 0 Å². The van der Waals surface area contributed by atoms with Crippen molar-refractivity contribution in [3.05, 3.63) is 23.5 Å². The summed E-state index contributed by atoms with van der Waals surface area (Å²) in [5, 5.41) is 4.84. The largest absolute Gasteiger partial charge is 0.495 e. The van der Waals surface area contributed by atoms with Gasteiger partial charge in [0, 0.05) is 36.5 Å². The predicted molar refractivity (Wildman–Crippen MR) is 141 cm³/mol. The lowest BCUT2D eigenvalue weighted by molar-refractivity contribution is 0.177. The van der Waals surface area contributed by atoms with Crippen LogP contribution in [0.25, 0.3) is 10.9 Å². The Hall–Kier alpha value is -2.36. The first-order chi connectivity index (χ1) is 16.4. The summed E-state index contributed by atoms with van der Waals surface area (Å²) in [6, 6.07) is 5.20. The van der Waals surface area contributed by atoms with Crippen LogP contribution in [0, 0.1) is 11.8 Å². The van der Waals surface area contributed by atoms with Crippen LogP contribution >= 0.6 is 0 Å². The molecule has 1 saturated heterocycles. The van der Waals surface area contributed by atoms with Crippen molar-refractivity contribution in [3.8, 4) is 17.6 Å². The standard InChI is InChI=1S/C28H41N5O/c1-20(2)33-16-13-23(14-17-33)29-28-24-19-26(34-5)22(12-9-15-32(3)4)18-25(24)30-27(31-28)21-10-7-6-8-11-21/h18-21,23H,6-8,10-11,13-17H2,1-5H3,(H,29,30,31). The molecule has 2 aliphatic rings. The Morgan fingerprint density at radius 1 is 1.09 bits per heavy atom. The van der Waals surface area contributed by atoms with E-state index in [1.165, 1.54) is 32.1 Å².